The zero-order valence-corrected chi connectivity index (χ0v) is 11.0. The maximum atomic E-state index is 6.17. The van der Waals surface area contributed by atoms with E-state index in [9.17, 15) is 0 Å². The van der Waals surface area contributed by atoms with E-state index >= 15 is 0 Å². The molecule has 3 nitrogen and oxygen atoms in total. The van der Waals surface area contributed by atoms with Gasteiger partial charge in [0, 0.05) is 13.2 Å². The largest absolute Gasteiger partial charge is 0.378 e. The van der Waals surface area contributed by atoms with Crippen LogP contribution in [0.2, 0.25) is 5.15 Å². The quantitative estimate of drug-likeness (QED) is 0.836. The zero-order valence-electron chi connectivity index (χ0n) is 10.2. The van der Waals surface area contributed by atoms with Crippen LogP contribution in [-0.4, -0.2) is 16.9 Å². The van der Waals surface area contributed by atoms with Crippen LogP contribution in [-0.2, 0) is 11.3 Å². The molecule has 0 aliphatic carbocycles. The van der Waals surface area contributed by atoms with Gasteiger partial charge in [-0.25, -0.2) is 4.68 Å². The first-order valence-electron chi connectivity index (χ1n) is 5.43. The molecule has 0 unspecified atom stereocenters. The molecular formula is C13H15ClN2O. The number of benzene rings is 1. The second kappa shape index (κ2) is 4.90. The summed E-state index contributed by atoms with van der Waals surface area (Å²) in [5.74, 6) is 0. The Balaban J connectivity index is 2.45. The third kappa shape index (κ3) is 2.51. The lowest BCUT2D eigenvalue weighted by atomic mass is 10.1. The van der Waals surface area contributed by atoms with Gasteiger partial charge in [0.2, 0.25) is 0 Å². The summed E-state index contributed by atoms with van der Waals surface area (Å²) in [6.45, 7) is 4.59. The summed E-state index contributed by atoms with van der Waals surface area (Å²) in [6, 6.07) is 8.02. The fourth-order valence-electron chi connectivity index (χ4n) is 1.83. The predicted molar refractivity (Wildman–Crippen MR) is 68.8 cm³/mol. The fourth-order valence-corrected chi connectivity index (χ4v) is 2.09. The van der Waals surface area contributed by atoms with Crippen LogP contribution in [0.1, 0.15) is 16.8 Å². The van der Waals surface area contributed by atoms with Crippen LogP contribution in [0.4, 0.5) is 0 Å². The normalized spacial score (nSPS) is 10.8. The Kier molecular flexibility index (Phi) is 3.50. The molecule has 2 rings (SSSR count). The van der Waals surface area contributed by atoms with Crippen LogP contribution in [0.25, 0.3) is 5.69 Å². The third-order valence-electron chi connectivity index (χ3n) is 2.59. The fraction of sp³-hybridized carbons (Fsp3) is 0.308. The molecular weight excluding hydrogens is 236 g/mol. The summed E-state index contributed by atoms with van der Waals surface area (Å²) in [4.78, 5) is 0. The van der Waals surface area contributed by atoms with Crippen LogP contribution >= 0.6 is 11.6 Å². The SMILES string of the molecule is COCc1cc(Cl)n(-c2ccc(C)cc2C)n1. The van der Waals surface area contributed by atoms with Crippen molar-refractivity contribution in [3.63, 3.8) is 0 Å². The maximum Gasteiger partial charge on any atom is 0.133 e. The van der Waals surface area contributed by atoms with Crippen LogP contribution in [0.3, 0.4) is 0 Å². The van der Waals surface area contributed by atoms with Crippen LogP contribution in [0.15, 0.2) is 24.3 Å². The number of methoxy groups -OCH3 is 1. The molecule has 0 fully saturated rings. The van der Waals surface area contributed by atoms with E-state index in [1.165, 1.54) is 5.56 Å². The standard InChI is InChI=1S/C13H15ClN2O/c1-9-4-5-12(10(2)6-9)16-13(14)7-11(15-16)8-17-3/h4-7H,8H2,1-3H3. The van der Waals surface area contributed by atoms with Crippen molar-refractivity contribution in [1.82, 2.24) is 9.78 Å². The molecule has 0 aliphatic rings. The minimum Gasteiger partial charge on any atom is -0.378 e. The molecule has 1 aromatic heterocycles. The Bertz CT molecular complexity index is 534. The van der Waals surface area contributed by atoms with Gasteiger partial charge < -0.3 is 4.74 Å². The minimum atomic E-state index is 0.470. The number of rotatable bonds is 3. The van der Waals surface area contributed by atoms with Gasteiger partial charge in [-0.15, -0.1) is 0 Å². The molecule has 2 aromatic rings. The smallest absolute Gasteiger partial charge is 0.133 e. The van der Waals surface area contributed by atoms with E-state index in [1.54, 1.807) is 11.8 Å². The summed E-state index contributed by atoms with van der Waals surface area (Å²) in [5.41, 5.74) is 4.21. The first-order valence-corrected chi connectivity index (χ1v) is 5.80. The lowest BCUT2D eigenvalue weighted by molar-refractivity contribution is 0.181. The Morgan fingerprint density at radius 2 is 2.06 bits per heavy atom. The van der Waals surface area contributed by atoms with Gasteiger partial charge in [0.05, 0.1) is 18.0 Å². The molecule has 1 heterocycles. The Labute approximate surface area is 106 Å². The van der Waals surface area contributed by atoms with Gasteiger partial charge in [0.25, 0.3) is 0 Å². The van der Waals surface area contributed by atoms with E-state index in [-0.39, 0.29) is 0 Å². The molecule has 0 amide bonds. The van der Waals surface area contributed by atoms with Gasteiger partial charge in [-0.1, -0.05) is 29.3 Å². The van der Waals surface area contributed by atoms with Gasteiger partial charge in [0.15, 0.2) is 0 Å². The molecule has 0 saturated carbocycles. The molecule has 0 N–H and O–H groups in total. The van der Waals surface area contributed by atoms with E-state index in [0.29, 0.717) is 11.8 Å². The van der Waals surface area contributed by atoms with Crippen molar-refractivity contribution >= 4 is 11.6 Å². The molecule has 1 aromatic carbocycles. The van der Waals surface area contributed by atoms with Crippen molar-refractivity contribution in [3.8, 4) is 5.69 Å². The number of ether oxygens (including phenoxy) is 1. The molecule has 0 saturated heterocycles. The highest BCUT2D eigenvalue weighted by Gasteiger charge is 2.09. The molecule has 4 heteroatoms. The summed E-state index contributed by atoms with van der Waals surface area (Å²) in [5, 5.41) is 5.02. The van der Waals surface area contributed by atoms with Crippen LogP contribution < -0.4 is 0 Å². The predicted octanol–water partition coefficient (Wildman–Crippen LogP) is 3.29. The minimum absolute atomic E-state index is 0.470. The number of aryl methyl sites for hydroxylation is 2. The van der Waals surface area contributed by atoms with Gasteiger partial charge in [-0.2, -0.15) is 5.10 Å². The summed E-state index contributed by atoms with van der Waals surface area (Å²) < 4.78 is 6.79. The molecule has 0 radical (unpaired) electrons. The number of nitrogens with zero attached hydrogens (tertiary/aromatic N) is 2. The Morgan fingerprint density at radius 1 is 1.29 bits per heavy atom. The molecule has 0 bridgehead atoms. The molecule has 0 aliphatic heterocycles. The molecule has 90 valence electrons. The van der Waals surface area contributed by atoms with Crippen molar-refractivity contribution in [3.05, 3.63) is 46.2 Å². The van der Waals surface area contributed by atoms with E-state index < -0.39 is 0 Å². The second-order valence-electron chi connectivity index (χ2n) is 4.09. The van der Waals surface area contributed by atoms with E-state index in [4.69, 9.17) is 16.3 Å². The summed E-state index contributed by atoms with van der Waals surface area (Å²) >= 11 is 6.17. The lowest BCUT2D eigenvalue weighted by Gasteiger charge is -2.07. The summed E-state index contributed by atoms with van der Waals surface area (Å²) in [6.07, 6.45) is 0. The Morgan fingerprint density at radius 3 is 2.71 bits per heavy atom. The highest BCUT2D eigenvalue weighted by molar-refractivity contribution is 6.29. The van der Waals surface area contributed by atoms with Crippen molar-refractivity contribution < 1.29 is 4.74 Å². The van der Waals surface area contributed by atoms with E-state index in [1.807, 2.05) is 12.1 Å². The second-order valence-corrected chi connectivity index (χ2v) is 4.48. The van der Waals surface area contributed by atoms with Crippen LogP contribution in [0.5, 0.6) is 0 Å². The van der Waals surface area contributed by atoms with Crippen molar-refractivity contribution in [1.29, 1.82) is 0 Å². The zero-order chi connectivity index (χ0) is 12.4. The monoisotopic (exact) mass is 250 g/mol. The van der Waals surface area contributed by atoms with Crippen molar-refractivity contribution in [2.75, 3.05) is 7.11 Å². The van der Waals surface area contributed by atoms with Gasteiger partial charge >= 0.3 is 0 Å². The molecule has 0 atom stereocenters. The highest BCUT2D eigenvalue weighted by Crippen LogP contribution is 2.21. The van der Waals surface area contributed by atoms with Gasteiger partial charge in [-0.3, -0.25) is 0 Å². The molecule has 17 heavy (non-hydrogen) atoms. The molecule has 0 spiro atoms. The highest BCUT2D eigenvalue weighted by atomic mass is 35.5. The Hall–Kier alpha value is -1.32. The average molecular weight is 251 g/mol. The summed E-state index contributed by atoms with van der Waals surface area (Å²) in [7, 11) is 1.64. The van der Waals surface area contributed by atoms with Gasteiger partial charge in [-0.05, 0) is 25.5 Å². The first-order chi connectivity index (χ1) is 8.11. The third-order valence-corrected chi connectivity index (χ3v) is 2.86. The van der Waals surface area contributed by atoms with Crippen LogP contribution in [0, 0.1) is 13.8 Å². The van der Waals surface area contributed by atoms with Crippen molar-refractivity contribution in [2.24, 2.45) is 0 Å². The van der Waals surface area contributed by atoms with Crippen molar-refractivity contribution in [2.45, 2.75) is 20.5 Å². The van der Waals surface area contributed by atoms with E-state index in [2.05, 4.69) is 31.1 Å². The maximum absolute atomic E-state index is 6.17. The number of hydrogen-bond acceptors (Lipinski definition) is 2. The number of halogens is 1. The van der Waals surface area contributed by atoms with E-state index in [0.717, 1.165) is 16.9 Å². The first kappa shape index (κ1) is 12.1. The number of aromatic nitrogens is 2. The number of hydrogen-bond donors (Lipinski definition) is 0. The van der Waals surface area contributed by atoms with Gasteiger partial charge in [0.1, 0.15) is 5.15 Å². The topological polar surface area (TPSA) is 27.1 Å². The lowest BCUT2D eigenvalue weighted by Crippen LogP contribution is -2.00. The average Bonchev–Trinajstić information content (AvgIpc) is 2.60.